The number of benzene rings is 1. The van der Waals surface area contributed by atoms with Crippen LogP contribution in [0.1, 0.15) is 24.8 Å². The third-order valence-corrected chi connectivity index (χ3v) is 5.50. The first kappa shape index (κ1) is 14.8. The van der Waals surface area contributed by atoms with Gasteiger partial charge in [-0.2, -0.15) is 0 Å². The molecule has 2 rings (SSSR count). The van der Waals surface area contributed by atoms with Crippen molar-refractivity contribution in [3.8, 4) is 0 Å². The molecule has 1 aliphatic rings. The van der Waals surface area contributed by atoms with Crippen molar-refractivity contribution in [2.24, 2.45) is 11.8 Å². The van der Waals surface area contributed by atoms with E-state index in [1.54, 1.807) is 0 Å². The Morgan fingerprint density at radius 2 is 1.84 bits per heavy atom. The minimum atomic E-state index is -3.25. The molecule has 3 nitrogen and oxygen atoms in total. The highest BCUT2D eigenvalue weighted by atomic mass is 35.5. The van der Waals surface area contributed by atoms with Crippen LogP contribution in [-0.2, 0) is 15.8 Å². The van der Waals surface area contributed by atoms with Gasteiger partial charge in [0.05, 0.1) is 5.75 Å². The minimum absolute atomic E-state index is 0.0477. The van der Waals surface area contributed by atoms with Crippen molar-refractivity contribution >= 4 is 21.6 Å². The van der Waals surface area contributed by atoms with E-state index in [1.807, 2.05) is 30.3 Å². The molecule has 5 heteroatoms. The molecule has 0 aromatic heterocycles. The van der Waals surface area contributed by atoms with Gasteiger partial charge in [-0.05, 0) is 30.2 Å². The van der Waals surface area contributed by atoms with E-state index in [1.165, 1.54) is 0 Å². The molecule has 0 bridgehead atoms. The van der Waals surface area contributed by atoms with Gasteiger partial charge in [-0.1, -0.05) is 36.8 Å². The Labute approximate surface area is 120 Å². The minimum Gasteiger partial charge on any atom is -0.215 e. The zero-order valence-corrected chi connectivity index (χ0v) is 12.5. The summed E-state index contributed by atoms with van der Waals surface area (Å²) < 4.78 is 26.7. The molecular weight excluding hydrogens is 282 g/mol. The van der Waals surface area contributed by atoms with E-state index >= 15 is 0 Å². The van der Waals surface area contributed by atoms with Crippen molar-refractivity contribution in [3.63, 3.8) is 0 Å². The van der Waals surface area contributed by atoms with Gasteiger partial charge in [-0.3, -0.25) is 0 Å². The Hall–Kier alpha value is -0.580. The Bertz CT molecular complexity index is 489. The predicted octanol–water partition coefficient (Wildman–Crippen LogP) is 2.76. The SMILES string of the molecule is O=S(=O)(Cc1ccccc1)NCC1CCCC1CCl. The number of hydrogen-bond acceptors (Lipinski definition) is 2. The number of sulfonamides is 1. The van der Waals surface area contributed by atoms with Crippen LogP contribution >= 0.6 is 11.6 Å². The molecule has 0 heterocycles. The summed E-state index contributed by atoms with van der Waals surface area (Å²) in [6.45, 7) is 0.520. The van der Waals surface area contributed by atoms with Crippen molar-refractivity contribution in [3.05, 3.63) is 35.9 Å². The third kappa shape index (κ3) is 4.48. The highest BCUT2D eigenvalue weighted by Crippen LogP contribution is 2.32. The fourth-order valence-electron chi connectivity index (χ4n) is 2.66. The van der Waals surface area contributed by atoms with Crippen LogP contribution in [0.25, 0.3) is 0 Å². The van der Waals surface area contributed by atoms with Crippen LogP contribution in [0, 0.1) is 11.8 Å². The maximum atomic E-state index is 12.0. The Morgan fingerprint density at radius 3 is 2.53 bits per heavy atom. The predicted molar refractivity (Wildman–Crippen MR) is 78.6 cm³/mol. The van der Waals surface area contributed by atoms with Gasteiger partial charge in [0, 0.05) is 12.4 Å². The third-order valence-electron chi connectivity index (χ3n) is 3.78. The molecule has 1 fully saturated rings. The summed E-state index contributed by atoms with van der Waals surface area (Å²) in [5, 5.41) is 0. The van der Waals surface area contributed by atoms with Crippen molar-refractivity contribution in [1.82, 2.24) is 4.72 Å². The molecule has 0 saturated heterocycles. The molecule has 1 aliphatic carbocycles. The fourth-order valence-corrected chi connectivity index (χ4v) is 4.27. The maximum absolute atomic E-state index is 12.0. The molecular formula is C14H20ClNO2S. The molecule has 0 spiro atoms. The van der Waals surface area contributed by atoms with Crippen LogP contribution in [0.2, 0.25) is 0 Å². The monoisotopic (exact) mass is 301 g/mol. The lowest BCUT2D eigenvalue weighted by Gasteiger charge is -2.17. The van der Waals surface area contributed by atoms with Crippen LogP contribution in [0.5, 0.6) is 0 Å². The first-order valence-electron chi connectivity index (χ1n) is 6.68. The lowest BCUT2D eigenvalue weighted by Crippen LogP contribution is -2.32. The van der Waals surface area contributed by atoms with Gasteiger partial charge in [0.25, 0.3) is 0 Å². The van der Waals surface area contributed by atoms with Crippen molar-refractivity contribution in [2.45, 2.75) is 25.0 Å². The molecule has 2 unspecified atom stereocenters. The molecule has 1 N–H and O–H groups in total. The summed E-state index contributed by atoms with van der Waals surface area (Å²) in [5.41, 5.74) is 0.815. The highest BCUT2D eigenvalue weighted by Gasteiger charge is 2.27. The molecule has 1 saturated carbocycles. The second-order valence-corrected chi connectivity index (χ2v) is 7.31. The summed E-state index contributed by atoms with van der Waals surface area (Å²) >= 11 is 5.91. The van der Waals surface area contributed by atoms with E-state index < -0.39 is 10.0 Å². The first-order chi connectivity index (χ1) is 9.11. The zero-order valence-electron chi connectivity index (χ0n) is 10.9. The van der Waals surface area contributed by atoms with Gasteiger partial charge in [-0.25, -0.2) is 13.1 Å². The Balaban J connectivity index is 1.88. The topological polar surface area (TPSA) is 46.2 Å². The highest BCUT2D eigenvalue weighted by molar-refractivity contribution is 7.88. The van der Waals surface area contributed by atoms with Gasteiger partial charge in [0.1, 0.15) is 0 Å². The molecule has 0 aliphatic heterocycles. The molecule has 1 aromatic carbocycles. The second kappa shape index (κ2) is 6.73. The van der Waals surface area contributed by atoms with Crippen LogP contribution in [-0.4, -0.2) is 20.8 Å². The van der Waals surface area contributed by atoms with Gasteiger partial charge in [-0.15, -0.1) is 11.6 Å². The van der Waals surface area contributed by atoms with Crippen LogP contribution in [0.15, 0.2) is 30.3 Å². The van der Waals surface area contributed by atoms with E-state index in [9.17, 15) is 8.42 Å². The van der Waals surface area contributed by atoms with Gasteiger partial charge in [0.15, 0.2) is 0 Å². The van der Waals surface area contributed by atoms with Gasteiger partial charge in [0.2, 0.25) is 10.0 Å². The molecule has 19 heavy (non-hydrogen) atoms. The summed E-state index contributed by atoms with van der Waals surface area (Å²) in [7, 11) is -3.25. The number of nitrogens with one attached hydrogen (secondary N) is 1. The number of rotatable bonds is 6. The lowest BCUT2D eigenvalue weighted by atomic mass is 9.98. The largest absolute Gasteiger partial charge is 0.215 e. The van der Waals surface area contributed by atoms with E-state index in [2.05, 4.69) is 4.72 Å². The van der Waals surface area contributed by atoms with E-state index in [4.69, 9.17) is 11.6 Å². The average molecular weight is 302 g/mol. The maximum Gasteiger partial charge on any atom is 0.215 e. The summed E-state index contributed by atoms with van der Waals surface area (Å²) in [5.74, 6) is 1.53. The first-order valence-corrected chi connectivity index (χ1v) is 8.86. The normalized spacial score (nSPS) is 23.6. The smallest absolute Gasteiger partial charge is 0.215 e. The molecule has 0 amide bonds. The van der Waals surface area contributed by atoms with Crippen LogP contribution < -0.4 is 4.72 Å². The van der Waals surface area contributed by atoms with E-state index in [0.717, 1.165) is 24.8 Å². The summed E-state index contributed by atoms with van der Waals surface area (Å²) in [6.07, 6.45) is 3.35. The molecule has 1 aromatic rings. The van der Waals surface area contributed by atoms with Gasteiger partial charge >= 0.3 is 0 Å². The Kier molecular flexibility index (Phi) is 5.25. The van der Waals surface area contributed by atoms with E-state index in [-0.39, 0.29) is 5.75 Å². The lowest BCUT2D eigenvalue weighted by molar-refractivity contribution is 0.418. The Morgan fingerprint density at radius 1 is 1.16 bits per heavy atom. The summed E-state index contributed by atoms with van der Waals surface area (Å²) in [6, 6.07) is 9.25. The van der Waals surface area contributed by atoms with Crippen molar-refractivity contribution in [2.75, 3.05) is 12.4 Å². The van der Waals surface area contributed by atoms with Crippen LogP contribution in [0.4, 0.5) is 0 Å². The molecule has 106 valence electrons. The van der Waals surface area contributed by atoms with Crippen LogP contribution in [0.3, 0.4) is 0 Å². The number of hydrogen-bond donors (Lipinski definition) is 1. The van der Waals surface area contributed by atoms with E-state index in [0.29, 0.717) is 24.3 Å². The standard InChI is InChI=1S/C14H20ClNO2S/c15-9-13-7-4-8-14(13)10-16-19(17,18)11-12-5-2-1-3-6-12/h1-3,5-6,13-14,16H,4,7-11H2. The zero-order chi connectivity index (χ0) is 13.7. The van der Waals surface area contributed by atoms with Crippen molar-refractivity contribution < 1.29 is 8.42 Å². The molecule has 2 atom stereocenters. The van der Waals surface area contributed by atoms with Crippen molar-refractivity contribution in [1.29, 1.82) is 0 Å². The quantitative estimate of drug-likeness (QED) is 0.821. The number of alkyl halides is 1. The van der Waals surface area contributed by atoms with Gasteiger partial charge < -0.3 is 0 Å². The second-order valence-electron chi connectivity index (χ2n) is 5.20. The fraction of sp³-hybridized carbons (Fsp3) is 0.571. The number of halogens is 1. The molecule has 0 radical (unpaired) electrons. The summed E-state index contributed by atoms with van der Waals surface area (Å²) in [4.78, 5) is 0. The average Bonchev–Trinajstić information content (AvgIpc) is 2.84.